The lowest BCUT2D eigenvalue weighted by atomic mass is 9.94. The molecule has 1 saturated heterocycles. The van der Waals surface area contributed by atoms with Crippen LogP contribution in [0.2, 0.25) is 0 Å². The Morgan fingerprint density at radius 2 is 2.00 bits per heavy atom. The van der Waals surface area contributed by atoms with Gasteiger partial charge in [0.1, 0.15) is 4.90 Å². The van der Waals surface area contributed by atoms with E-state index in [1.165, 1.54) is 6.20 Å². The van der Waals surface area contributed by atoms with Crippen molar-refractivity contribution in [2.24, 2.45) is 11.8 Å². The highest BCUT2D eigenvalue weighted by molar-refractivity contribution is 7.89. The SMILES string of the molecule is CCNc1ccncc1S(=O)(=O)N1CC(C)CC(C)C1. The summed E-state index contributed by atoms with van der Waals surface area (Å²) in [5.41, 5.74) is 0.633. The Hall–Kier alpha value is -1.14. The van der Waals surface area contributed by atoms with E-state index in [1.54, 1.807) is 16.6 Å². The summed E-state index contributed by atoms with van der Waals surface area (Å²) in [7, 11) is -3.47. The van der Waals surface area contributed by atoms with Crippen molar-refractivity contribution >= 4 is 15.7 Å². The van der Waals surface area contributed by atoms with E-state index in [0.717, 1.165) is 6.42 Å². The van der Waals surface area contributed by atoms with E-state index in [-0.39, 0.29) is 4.90 Å². The Morgan fingerprint density at radius 3 is 2.60 bits per heavy atom. The maximum Gasteiger partial charge on any atom is 0.246 e. The van der Waals surface area contributed by atoms with E-state index in [1.807, 2.05) is 6.92 Å². The lowest BCUT2D eigenvalue weighted by Gasteiger charge is -2.34. The van der Waals surface area contributed by atoms with E-state index in [4.69, 9.17) is 0 Å². The summed E-state index contributed by atoms with van der Waals surface area (Å²) < 4.78 is 27.2. The molecule has 0 radical (unpaired) electrons. The van der Waals surface area contributed by atoms with Crippen molar-refractivity contribution in [3.63, 3.8) is 0 Å². The number of aromatic nitrogens is 1. The first-order chi connectivity index (χ1) is 9.45. The van der Waals surface area contributed by atoms with Gasteiger partial charge in [0.05, 0.1) is 5.69 Å². The zero-order valence-electron chi connectivity index (χ0n) is 12.3. The molecule has 5 nitrogen and oxygen atoms in total. The van der Waals surface area contributed by atoms with Crippen LogP contribution in [0.15, 0.2) is 23.4 Å². The smallest absolute Gasteiger partial charge is 0.246 e. The molecule has 6 heteroatoms. The van der Waals surface area contributed by atoms with Gasteiger partial charge in [0.2, 0.25) is 10.0 Å². The first-order valence-electron chi connectivity index (χ1n) is 7.13. The van der Waals surface area contributed by atoms with E-state index in [9.17, 15) is 8.42 Å². The summed E-state index contributed by atoms with van der Waals surface area (Å²) in [6.45, 7) is 8.01. The molecule has 0 aromatic carbocycles. The van der Waals surface area contributed by atoms with Crippen LogP contribution in [-0.2, 0) is 10.0 Å². The third-order valence-corrected chi connectivity index (χ3v) is 5.46. The predicted octanol–water partition coefficient (Wildman–Crippen LogP) is 2.18. The lowest BCUT2D eigenvalue weighted by Crippen LogP contribution is -2.42. The predicted molar refractivity (Wildman–Crippen MR) is 80.1 cm³/mol. The van der Waals surface area contributed by atoms with Gasteiger partial charge in [0.15, 0.2) is 0 Å². The number of hydrogen-bond acceptors (Lipinski definition) is 4. The highest BCUT2D eigenvalue weighted by Crippen LogP contribution is 2.29. The van der Waals surface area contributed by atoms with Gasteiger partial charge in [-0.1, -0.05) is 13.8 Å². The molecule has 20 heavy (non-hydrogen) atoms. The normalized spacial score (nSPS) is 24.6. The molecule has 0 bridgehead atoms. The molecule has 112 valence electrons. The summed E-state index contributed by atoms with van der Waals surface area (Å²) in [5, 5.41) is 3.10. The number of hydrogen-bond donors (Lipinski definition) is 1. The van der Waals surface area contributed by atoms with E-state index in [0.29, 0.717) is 37.2 Å². The number of pyridine rings is 1. The zero-order chi connectivity index (χ0) is 14.8. The van der Waals surface area contributed by atoms with Crippen molar-refractivity contribution in [2.75, 3.05) is 25.0 Å². The van der Waals surface area contributed by atoms with E-state index in [2.05, 4.69) is 24.1 Å². The van der Waals surface area contributed by atoms with Gasteiger partial charge in [-0.15, -0.1) is 0 Å². The molecule has 0 saturated carbocycles. The highest BCUT2D eigenvalue weighted by Gasteiger charge is 2.33. The summed E-state index contributed by atoms with van der Waals surface area (Å²) in [5.74, 6) is 0.792. The molecule has 1 aromatic rings. The topological polar surface area (TPSA) is 62.3 Å². The van der Waals surface area contributed by atoms with Crippen LogP contribution in [0.1, 0.15) is 27.2 Å². The van der Waals surface area contributed by atoms with Crippen LogP contribution in [0, 0.1) is 11.8 Å². The minimum atomic E-state index is -3.47. The van der Waals surface area contributed by atoms with Crippen molar-refractivity contribution < 1.29 is 8.42 Å². The molecule has 2 heterocycles. The molecule has 0 spiro atoms. The number of nitrogens with zero attached hydrogens (tertiary/aromatic N) is 2. The molecule has 1 aromatic heterocycles. The molecule has 1 aliphatic heterocycles. The van der Waals surface area contributed by atoms with Gasteiger partial charge in [-0.2, -0.15) is 4.31 Å². The van der Waals surface area contributed by atoms with Crippen LogP contribution < -0.4 is 5.32 Å². The van der Waals surface area contributed by atoms with Gasteiger partial charge in [0, 0.05) is 32.0 Å². The fraction of sp³-hybridized carbons (Fsp3) is 0.643. The standard InChI is InChI=1S/C14H23N3O2S/c1-4-16-13-5-6-15-8-14(13)20(18,19)17-9-11(2)7-12(3)10-17/h5-6,8,11-12H,4,7,9-10H2,1-3H3,(H,15,16). The number of sulfonamides is 1. The van der Waals surface area contributed by atoms with E-state index < -0.39 is 10.0 Å². The Morgan fingerprint density at radius 1 is 1.35 bits per heavy atom. The first-order valence-corrected chi connectivity index (χ1v) is 8.57. The van der Waals surface area contributed by atoms with Gasteiger partial charge < -0.3 is 5.32 Å². The molecule has 1 N–H and O–H groups in total. The Labute approximate surface area is 121 Å². The molecule has 1 aliphatic rings. The Bertz CT molecular complexity index is 549. The molecule has 2 unspecified atom stereocenters. The second-order valence-corrected chi connectivity index (χ2v) is 7.58. The highest BCUT2D eigenvalue weighted by atomic mass is 32.2. The fourth-order valence-corrected chi connectivity index (χ4v) is 4.65. The van der Waals surface area contributed by atoms with Crippen LogP contribution in [0.4, 0.5) is 5.69 Å². The minimum Gasteiger partial charge on any atom is -0.384 e. The second-order valence-electron chi connectivity index (χ2n) is 5.67. The number of piperidine rings is 1. The van der Waals surface area contributed by atoms with Gasteiger partial charge in [0.25, 0.3) is 0 Å². The molecule has 0 amide bonds. The van der Waals surface area contributed by atoms with Crippen molar-refractivity contribution in [3.05, 3.63) is 18.5 Å². The maximum atomic E-state index is 12.8. The van der Waals surface area contributed by atoms with Crippen LogP contribution in [-0.4, -0.2) is 37.3 Å². The molecular formula is C14H23N3O2S. The van der Waals surface area contributed by atoms with Crippen LogP contribution in [0.25, 0.3) is 0 Å². The average molecular weight is 297 g/mol. The summed E-state index contributed by atoms with van der Waals surface area (Å²) in [6.07, 6.45) is 4.13. The number of nitrogens with one attached hydrogen (secondary N) is 1. The Balaban J connectivity index is 2.35. The minimum absolute atomic E-state index is 0.281. The van der Waals surface area contributed by atoms with Gasteiger partial charge in [-0.3, -0.25) is 4.98 Å². The quantitative estimate of drug-likeness (QED) is 0.925. The number of rotatable bonds is 4. The van der Waals surface area contributed by atoms with Crippen molar-refractivity contribution in [3.8, 4) is 0 Å². The summed E-state index contributed by atoms with van der Waals surface area (Å²) in [4.78, 5) is 4.26. The van der Waals surface area contributed by atoms with E-state index >= 15 is 0 Å². The lowest BCUT2D eigenvalue weighted by molar-refractivity contribution is 0.222. The van der Waals surface area contributed by atoms with Gasteiger partial charge in [-0.05, 0) is 31.2 Å². The van der Waals surface area contributed by atoms with Crippen molar-refractivity contribution in [1.82, 2.24) is 9.29 Å². The summed E-state index contributed by atoms with van der Waals surface area (Å²) in [6, 6.07) is 1.72. The zero-order valence-corrected chi connectivity index (χ0v) is 13.2. The molecule has 1 fully saturated rings. The third-order valence-electron chi connectivity index (χ3n) is 3.60. The van der Waals surface area contributed by atoms with Crippen LogP contribution in [0.5, 0.6) is 0 Å². The molecule has 2 atom stereocenters. The monoisotopic (exact) mass is 297 g/mol. The fourth-order valence-electron chi connectivity index (χ4n) is 2.86. The van der Waals surface area contributed by atoms with Crippen LogP contribution in [0.3, 0.4) is 0 Å². The van der Waals surface area contributed by atoms with Crippen molar-refractivity contribution in [1.29, 1.82) is 0 Å². The number of anilines is 1. The molecule has 0 aliphatic carbocycles. The molecular weight excluding hydrogens is 274 g/mol. The van der Waals surface area contributed by atoms with Crippen molar-refractivity contribution in [2.45, 2.75) is 32.1 Å². The average Bonchev–Trinajstić information content (AvgIpc) is 2.38. The maximum absolute atomic E-state index is 12.8. The van der Waals surface area contributed by atoms with Crippen LogP contribution >= 0.6 is 0 Å². The largest absolute Gasteiger partial charge is 0.384 e. The first kappa shape index (κ1) is 15.3. The second kappa shape index (κ2) is 6.10. The Kier molecular flexibility index (Phi) is 4.65. The summed E-state index contributed by atoms with van der Waals surface area (Å²) >= 11 is 0. The van der Waals surface area contributed by atoms with Gasteiger partial charge in [-0.25, -0.2) is 8.42 Å². The molecule has 2 rings (SSSR count). The van der Waals surface area contributed by atoms with Gasteiger partial charge >= 0.3 is 0 Å². The third kappa shape index (κ3) is 3.12.